The molecular weight excluding hydrogens is 406 g/mol. The van der Waals surface area contributed by atoms with Crippen LogP contribution < -0.4 is 16.0 Å². The van der Waals surface area contributed by atoms with Crippen LogP contribution in [0.3, 0.4) is 0 Å². The first-order valence-corrected chi connectivity index (χ1v) is 11.3. The molecule has 1 aliphatic carbocycles. The number of urea groups is 1. The van der Waals surface area contributed by atoms with Crippen molar-refractivity contribution < 1.29 is 19.4 Å². The molecule has 30 heavy (non-hydrogen) atoms. The van der Waals surface area contributed by atoms with Gasteiger partial charge in [0, 0.05) is 23.2 Å². The van der Waals surface area contributed by atoms with Crippen molar-refractivity contribution in [3.05, 3.63) is 29.3 Å². The first-order chi connectivity index (χ1) is 14.5. The van der Waals surface area contributed by atoms with Crippen molar-refractivity contribution in [2.45, 2.75) is 69.6 Å². The second-order valence-corrected chi connectivity index (χ2v) is 8.62. The van der Waals surface area contributed by atoms with Crippen molar-refractivity contribution in [3.8, 4) is 0 Å². The van der Waals surface area contributed by atoms with E-state index in [2.05, 4.69) is 16.0 Å². The van der Waals surface area contributed by atoms with Gasteiger partial charge in [-0.3, -0.25) is 4.79 Å². The summed E-state index contributed by atoms with van der Waals surface area (Å²) in [6.07, 6.45) is 7.15. The highest BCUT2D eigenvalue weighted by molar-refractivity contribution is 6.30. The van der Waals surface area contributed by atoms with Crippen LogP contribution >= 0.6 is 11.6 Å². The predicted molar refractivity (Wildman–Crippen MR) is 117 cm³/mol. The van der Waals surface area contributed by atoms with E-state index in [0.29, 0.717) is 30.1 Å². The van der Waals surface area contributed by atoms with E-state index in [1.807, 2.05) is 0 Å². The summed E-state index contributed by atoms with van der Waals surface area (Å²) in [5, 5.41) is 18.9. The van der Waals surface area contributed by atoms with Gasteiger partial charge in [0.05, 0.1) is 18.8 Å². The van der Waals surface area contributed by atoms with Crippen LogP contribution in [0.2, 0.25) is 5.02 Å². The Bertz CT molecular complexity index is 711. The number of aliphatic hydroxyl groups is 1. The predicted octanol–water partition coefficient (Wildman–Crippen LogP) is 3.46. The first-order valence-electron chi connectivity index (χ1n) is 10.9. The zero-order valence-corrected chi connectivity index (χ0v) is 18.0. The fourth-order valence-corrected chi connectivity index (χ4v) is 4.47. The van der Waals surface area contributed by atoms with Crippen molar-refractivity contribution in [2.75, 3.05) is 18.5 Å². The highest BCUT2D eigenvalue weighted by Gasteiger charge is 2.32. The summed E-state index contributed by atoms with van der Waals surface area (Å²) in [6, 6.07) is 6.28. The van der Waals surface area contributed by atoms with Crippen LogP contribution in [0, 0.1) is 5.92 Å². The Balaban J connectivity index is 1.39. The van der Waals surface area contributed by atoms with Gasteiger partial charge in [-0.25, -0.2) is 4.79 Å². The lowest BCUT2D eigenvalue weighted by molar-refractivity contribution is -0.126. The molecule has 166 valence electrons. The maximum absolute atomic E-state index is 12.3. The molecule has 7 nitrogen and oxygen atoms in total. The Labute approximate surface area is 182 Å². The molecule has 2 aliphatic rings. The lowest BCUT2D eigenvalue weighted by Gasteiger charge is -2.36. The third kappa shape index (κ3) is 6.86. The number of hydrogen-bond acceptors (Lipinski definition) is 4. The Kier molecular flexibility index (Phi) is 8.78. The van der Waals surface area contributed by atoms with E-state index in [-0.39, 0.29) is 36.6 Å². The Morgan fingerprint density at radius 3 is 2.67 bits per heavy atom. The van der Waals surface area contributed by atoms with E-state index < -0.39 is 6.10 Å². The number of hydrogen-bond donors (Lipinski definition) is 4. The van der Waals surface area contributed by atoms with E-state index in [4.69, 9.17) is 16.3 Å². The van der Waals surface area contributed by atoms with Crippen LogP contribution in [0.25, 0.3) is 0 Å². The molecule has 3 atom stereocenters. The summed E-state index contributed by atoms with van der Waals surface area (Å²) in [4.78, 5) is 24.5. The van der Waals surface area contributed by atoms with E-state index >= 15 is 0 Å². The van der Waals surface area contributed by atoms with Crippen LogP contribution in [-0.4, -0.2) is 48.4 Å². The summed E-state index contributed by atoms with van der Waals surface area (Å²) in [7, 11) is 0. The van der Waals surface area contributed by atoms with Gasteiger partial charge in [0.1, 0.15) is 6.10 Å². The zero-order chi connectivity index (χ0) is 21.3. The third-order valence-electron chi connectivity index (χ3n) is 5.94. The van der Waals surface area contributed by atoms with Crippen molar-refractivity contribution in [1.82, 2.24) is 10.6 Å². The number of aliphatic hydroxyl groups excluding tert-OH is 1. The largest absolute Gasteiger partial charge is 0.394 e. The minimum absolute atomic E-state index is 0.0390. The number of carbonyl (C=O) groups is 2. The Hall–Kier alpha value is -1.83. The number of ether oxygens (including phenoxy) is 1. The van der Waals surface area contributed by atoms with E-state index in [0.717, 1.165) is 32.1 Å². The standard InChI is InChI=1S/C22H32ClN3O4/c23-16-7-4-8-17(13-16)25-22(29)26-19-10-9-18(30-20(19)14-27)11-12-24-21(28)15-5-2-1-3-6-15/h4,7-8,13,15,18-20,27H,1-3,5-6,9-12,14H2,(H,24,28)(H2,25,26,29)/t18-,19+,20+/m0/s1. The molecule has 1 saturated carbocycles. The maximum Gasteiger partial charge on any atom is 0.319 e. The van der Waals surface area contributed by atoms with Crippen LogP contribution in [0.4, 0.5) is 10.5 Å². The van der Waals surface area contributed by atoms with Crippen molar-refractivity contribution in [3.63, 3.8) is 0 Å². The summed E-state index contributed by atoms with van der Waals surface area (Å²) < 4.78 is 5.98. The molecule has 4 N–H and O–H groups in total. The molecule has 1 aromatic carbocycles. The van der Waals surface area contributed by atoms with Gasteiger partial charge in [0.2, 0.25) is 5.91 Å². The van der Waals surface area contributed by atoms with Gasteiger partial charge in [-0.1, -0.05) is 36.9 Å². The highest BCUT2D eigenvalue weighted by Crippen LogP contribution is 2.24. The molecule has 1 heterocycles. The topological polar surface area (TPSA) is 99.7 Å². The molecule has 8 heteroatoms. The summed E-state index contributed by atoms with van der Waals surface area (Å²) in [6.45, 7) is 0.401. The molecule has 0 bridgehead atoms. The average molecular weight is 438 g/mol. The summed E-state index contributed by atoms with van der Waals surface area (Å²) in [5.74, 6) is 0.309. The highest BCUT2D eigenvalue weighted by atomic mass is 35.5. The minimum atomic E-state index is -0.470. The molecule has 1 aliphatic heterocycles. The van der Waals surface area contributed by atoms with Gasteiger partial charge in [0.15, 0.2) is 0 Å². The van der Waals surface area contributed by atoms with Gasteiger partial charge >= 0.3 is 6.03 Å². The first kappa shape index (κ1) is 22.8. The monoisotopic (exact) mass is 437 g/mol. The molecule has 0 unspecified atom stereocenters. The lowest BCUT2D eigenvalue weighted by atomic mass is 9.88. The second-order valence-electron chi connectivity index (χ2n) is 8.19. The van der Waals surface area contributed by atoms with Gasteiger partial charge in [-0.05, 0) is 50.3 Å². The van der Waals surface area contributed by atoms with Crippen molar-refractivity contribution >= 4 is 29.2 Å². The molecule has 2 fully saturated rings. The molecule has 3 amide bonds. The quantitative estimate of drug-likeness (QED) is 0.524. The number of rotatable bonds is 7. The summed E-state index contributed by atoms with van der Waals surface area (Å²) in [5.41, 5.74) is 0.601. The summed E-state index contributed by atoms with van der Waals surface area (Å²) >= 11 is 5.94. The van der Waals surface area contributed by atoms with E-state index in [9.17, 15) is 14.7 Å². The molecule has 3 rings (SSSR count). The number of halogens is 1. The van der Waals surface area contributed by atoms with Gasteiger partial charge in [-0.15, -0.1) is 0 Å². The average Bonchev–Trinajstić information content (AvgIpc) is 2.75. The van der Waals surface area contributed by atoms with Crippen LogP contribution in [0.1, 0.15) is 51.4 Å². The molecule has 0 spiro atoms. The number of anilines is 1. The van der Waals surface area contributed by atoms with Crippen molar-refractivity contribution in [1.29, 1.82) is 0 Å². The number of amides is 3. The molecule has 1 aromatic rings. The Morgan fingerprint density at radius 2 is 1.93 bits per heavy atom. The molecule has 0 aromatic heterocycles. The maximum atomic E-state index is 12.3. The fourth-order valence-electron chi connectivity index (χ4n) is 4.28. The fraction of sp³-hybridized carbons (Fsp3) is 0.636. The smallest absolute Gasteiger partial charge is 0.319 e. The van der Waals surface area contributed by atoms with Gasteiger partial charge in [-0.2, -0.15) is 0 Å². The number of nitrogens with one attached hydrogen (secondary N) is 3. The van der Waals surface area contributed by atoms with Crippen LogP contribution in [0.15, 0.2) is 24.3 Å². The van der Waals surface area contributed by atoms with E-state index in [1.165, 1.54) is 6.42 Å². The van der Waals surface area contributed by atoms with Crippen LogP contribution in [0.5, 0.6) is 0 Å². The molecule has 0 radical (unpaired) electrons. The van der Waals surface area contributed by atoms with Gasteiger partial charge in [0.25, 0.3) is 0 Å². The third-order valence-corrected chi connectivity index (χ3v) is 6.17. The molecular formula is C22H32ClN3O4. The zero-order valence-electron chi connectivity index (χ0n) is 17.2. The SMILES string of the molecule is O=C(Nc1cccc(Cl)c1)N[C@@H]1CC[C@@H](CCNC(=O)C2CCCCC2)O[C@@H]1CO. The van der Waals surface area contributed by atoms with E-state index in [1.54, 1.807) is 24.3 Å². The minimum Gasteiger partial charge on any atom is -0.394 e. The van der Waals surface area contributed by atoms with Crippen LogP contribution in [-0.2, 0) is 9.53 Å². The normalized spacial score (nSPS) is 24.8. The van der Waals surface area contributed by atoms with Gasteiger partial charge < -0.3 is 25.8 Å². The Morgan fingerprint density at radius 1 is 1.13 bits per heavy atom. The number of carbonyl (C=O) groups excluding carboxylic acids is 2. The van der Waals surface area contributed by atoms with Crippen molar-refractivity contribution in [2.24, 2.45) is 5.92 Å². The second kappa shape index (κ2) is 11.5. The number of benzene rings is 1. The lowest BCUT2D eigenvalue weighted by Crippen LogP contribution is -2.52. The molecule has 1 saturated heterocycles.